The van der Waals surface area contributed by atoms with Gasteiger partial charge in [-0.1, -0.05) is 36.4 Å². The fraction of sp³-hybridized carbons (Fsp3) is 0.133. The van der Waals surface area contributed by atoms with E-state index in [9.17, 15) is 0 Å². The van der Waals surface area contributed by atoms with Crippen molar-refractivity contribution in [3.63, 3.8) is 0 Å². The highest BCUT2D eigenvalue weighted by atomic mass is 16.5. The number of benzene rings is 2. The lowest BCUT2D eigenvalue weighted by Crippen LogP contribution is -1.91. The molecule has 0 aliphatic heterocycles. The molecule has 2 nitrogen and oxygen atoms in total. The Morgan fingerprint density at radius 3 is 2.53 bits per heavy atom. The Hall–Kier alpha value is -2.27. The van der Waals surface area contributed by atoms with E-state index in [4.69, 9.17) is 10.00 Å². The van der Waals surface area contributed by atoms with Crippen LogP contribution in [0.4, 0.5) is 0 Å². The minimum atomic E-state index is 0.411. The molecule has 84 valence electrons. The molecule has 0 bridgehead atoms. The highest BCUT2D eigenvalue weighted by molar-refractivity contribution is 5.69. The number of hydrogen-bond acceptors (Lipinski definition) is 2. The van der Waals surface area contributed by atoms with Gasteiger partial charge in [0, 0.05) is 0 Å². The van der Waals surface area contributed by atoms with Gasteiger partial charge in [0.05, 0.1) is 19.6 Å². The van der Waals surface area contributed by atoms with Crippen LogP contribution in [0.15, 0.2) is 48.5 Å². The third kappa shape index (κ3) is 2.46. The Balaban J connectivity index is 2.53. The van der Waals surface area contributed by atoms with Gasteiger partial charge in [-0.15, -0.1) is 0 Å². The summed E-state index contributed by atoms with van der Waals surface area (Å²) in [7, 11) is 1.65. The molecule has 0 radical (unpaired) electrons. The van der Waals surface area contributed by atoms with E-state index in [1.54, 1.807) is 7.11 Å². The van der Waals surface area contributed by atoms with Crippen molar-refractivity contribution in [1.29, 1.82) is 5.26 Å². The van der Waals surface area contributed by atoms with Crippen LogP contribution in [0.5, 0.6) is 5.75 Å². The van der Waals surface area contributed by atoms with Crippen LogP contribution in [-0.2, 0) is 6.42 Å². The van der Waals surface area contributed by atoms with Crippen LogP contribution >= 0.6 is 0 Å². The number of rotatable bonds is 3. The van der Waals surface area contributed by atoms with Gasteiger partial charge in [0.15, 0.2) is 0 Å². The lowest BCUT2D eigenvalue weighted by molar-refractivity contribution is 0.415. The van der Waals surface area contributed by atoms with Crippen molar-refractivity contribution in [3.8, 4) is 22.9 Å². The predicted octanol–water partition coefficient (Wildman–Crippen LogP) is 3.43. The molecule has 0 saturated carbocycles. The van der Waals surface area contributed by atoms with Crippen molar-refractivity contribution in [2.24, 2.45) is 0 Å². The van der Waals surface area contributed by atoms with Gasteiger partial charge < -0.3 is 4.74 Å². The number of methoxy groups -OCH3 is 1. The summed E-state index contributed by atoms with van der Waals surface area (Å²) in [6.07, 6.45) is 0.411. The van der Waals surface area contributed by atoms with E-state index in [0.29, 0.717) is 6.42 Å². The zero-order chi connectivity index (χ0) is 12.1. The highest BCUT2D eigenvalue weighted by Gasteiger charge is 2.06. The zero-order valence-corrected chi connectivity index (χ0v) is 9.68. The SMILES string of the molecule is COc1ccc(CC#N)c(-c2ccccc2)c1. The molecule has 0 N–H and O–H groups in total. The molecule has 17 heavy (non-hydrogen) atoms. The second kappa shape index (κ2) is 5.18. The molecule has 0 spiro atoms. The normalized spacial score (nSPS) is 9.65. The number of nitrogens with zero attached hydrogens (tertiary/aromatic N) is 1. The van der Waals surface area contributed by atoms with Crippen LogP contribution in [0.25, 0.3) is 11.1 Å². The van der Waals surface area contributed by atoms with E-state index in [0.717, 1.165) is 22.4 Å². The Morgan fingerprint density at radius 2 is 1.88 bits per heavy atom. The van der Waals surface area contributed by atoms with Crippen molar-refractivity contribution in [2.45, 2.75) is 6.42 Å². The van der Waals surface area contributed by atoms with Crippen molar-refractivity contribution >= 4 is 0 Å². The Morgan fingerprint density at radius 1 is 1.12 bits per heavy atom. The molecule has 0 saturated heterocycles. The number of nitriles is 1. The largest absolute Gasteiger partial charge is 0.497 e. The summed E-state index contributed by atoms with van der Waals surface area (Å²) in [5.74, 6) is 0.811. The van der Waals surface area contributed by atoms with Crippen LogP contribution in [0, 0.1) is 11.3 Å². The minimum absolute atomic E-state index is 0.411. The number of ether oxygens (including phenoxy) is 1. The monoisotopic (exact) mass is 223 g/mol. The minimum Gasteiger partial charge on any atom is -0.497 e. The second-order valence-corrected chi connectivity index (χ2v) is 3.72. The smallest absolute Gasteiger partial charge is 0.119 e. The summed E-state index contributed by atoms with van der Waals surface area (Å²) in [6.45, 7) is 0. The quantitative estimate of drug-likeness (QED) is 0.798. The third-order valence-corrected chi connectivity index (χ3v) is 2.67. The third-order valence-electron chi connectivity index (χ3n) is 2.67. The van der Waals surface area contributed by atoms with Crippen LogP contribution < -0.4 is 4.74 Å². The van der Waals surface area contributed by atoms with Crippen molar-refractivity contribution in [2.75, 3.05) is 7.11 Å². The van der Waals surface area contributed by atoms with E-state index in [-0.39, 0.29) is 0 Å². The van der Waals surface area contributed by atoms with Crippen LogP contribution in [-0.4, -0.2) is 7.11 Å². The fourth-order valence-electron chi connectivity index (χ4n) is 1.81. The molecule has 0 aromatic heterocycles. The molecule has 2 rings (SSSR count). The summed E-state index contributed by atoms with van der Waals surface area (Å²) in [5.41, 5.74) is 3.20. The molecule has 0 unspecified atom stereocenters. The lowest BCUT2D eigenvalue weighted by atomic mass is 9.98. The summed E-state index contributed by atoms with van der Waals surface area (Å²) in [4.78, 5) is 0. The Labute approximate surface area is 101 Å². The van der Waals surface area contributed by atoms with Crippen molar-refractivity contribution in [1.82, 2.24) is 0 Å². The van der Waals surface area contributed by atoms with Gasteiger partial charge in [-0.3, -0.25) is 0 Å². The molecular weight excluding hydrogens is 210 g/mol. The van der Waals surface area contributed by atoms with Crippen LogP contribution in [0.2, 0.25) is 0 Å². The maximum absolute atomic E-state index is 8.84. The van der Waals surface area contributed by atoms with Gasteiger partial charge in [0.2, 0.25) is 0 Å². The second-order valence-electron chi connectivity index (χ2n) is 3.72. The van der Waals surface area contributed by atoms with Gasteiger partial charge >= 0.3 is 0 Å². The molecule has 0 aliphatic carbocycles. The molecule has 0 heterocycles. The zero-order valence-electron chi connectivity index (χ0n) is 9.68. The standard InChI is InChI=1S/C15H13NO/c1-17-14-8-7-13(9-10-16)15(11-14)12-5-3-2-4-6-12/h2-8,11H,9H2,1H3. The van der Waals surface area contributed by atoms with Gasteiger partial charge in [-0.2, -0.15) is 5.26 Å². The van der Waals surface area contributed by atoms with E-state index >= 15 is 0 Å². The van der Waals surface area contributed by atoms with Crippen LogP contribution in [0.1, 0.15) is 5.56 Å². The van der Waals surface area contributed by atoms with Gasteiger partial charge in [0.25, 0.3) is 0 Å². The summed E-state index contributed by atoms with van der Waals surface area (Å²) < 4.78 is 5.23. The molecule has 0 amide bonds. The molecule has 2 aromatic carbocycles. The Kier molecular flexibility index (Phi) is 3.42. The van der Waals surface area contributed by atoms with Gasteiger partial charge in [-0.05, 0) is 28.8 Å². The molecule has 2 heteroatoms. The predicted molar refractivity (Wildman–Crippen MR) is 67.7 cm³/mol. The van der Waals surface area contributed by atoms with Crippen molar-refractivity contribution in [3.05, 3.63) is 54.1 Å². The van der Waals surface area contributed by atoms with E-state index in [1.165, 1.54) is 0 Å². The van der Waals surface area contributed by atoms with Crippen molar-refractivity contribution < 1.29 is 4.74 Å². The van der Waals surface area contributed by atoms with Crippen LogP contribution in [0.3, 0.4) is 0 Å². The summed E-state index contributed by atoms with van der Waals surface area (Å²) in [5, 5.41) is 8.84. The van der Waals surface area contributed by atoms with E-state index in [2.05, 4.69) is 6.07 Å². The molecule has 0 fully saturated rings. The fourth-order valence-corrected chi connectivity index (χ4v) is 1.81. The highest BCUT2D eigenvalue weighted by Crippen LogP contribution is 2.28. The van der Waals surface area contributed by atoms with E-state index in [1.807, 2.05) is 48.5 Å². The summed E-state index contributed by atoms with van der Waals surface area (Å²) in [6, 6.07) is 18.0. The first-order chi connectivity index (χ1) is 8.35. The first-order valence-corrected chi connectivity index (χ1v) is 5.44. The van der Waals surface area contributed by atoms with Gasteiger partial charge in [0.1, 0.15) is 5.75 Å². The van der Waals surface area contributed by atoms with Gasteiger partial charge in [-0.25, -0.2) is 0 Å². The maximum atomic E-state index is 8.84. The average molecular weight is 223 g/mol. The first kappa shape index (κ1) is 11.2. The molecular formula is C15H13NO. The average Bonchev–Trinajstić information content (AvgIpc) is 2.40. The van der Waals surface area contributed by atoms with E-state index < -0.39 is 0 Å². The molecule has 0 atom stereocenters. The number of hydrogen-bond donors (Lipinski definition) is 0. The summed E-state index contributed by atoms with van der Waals surface area (Å²) >= 11 is 0. The first-order valence-electron chi connectivity index (χ1n) is 5.44. The maximum Gasteiger partial charge on any atom is 0.119 e. The Bertz CT molecular complexity index is 541. The molecule has 0 aliphatic rings. The lowest BCUT2D eigenvalue weighted by Gasteiger charge is -2.09. The molecule has 2 aromatic rings. The topological polar surface area (TPSA) is 33.0 Å².